The average molecular weight is 443 g/mol. The number of hydrogen-bond acceptors (Lipinski definition) is 5. The molecule has 0 bridgehead atoms. The second-order valence-electron chi connectivity index (χ2n) is 8.48. The van der Waals surface area contributed by atoms with E-state index in [4.69, 9.17) is 4.42 Å². The molecule has 1 atom stereocenters. The fourth-order valence-corrected chi connectivity index (χ4v) is 4.52. The van der Waals surface area contributed by atoms with Gasteiger partial charge in [-0.1, -0.05) is 48.5 Å². The molecule has 1 saturated heterocycles. The molecule has 0 saturated carbocycles. The molecular formula is C27H27FN4O. The van der Waals surface area contributed by atoms with Gasteiger partial charge in [0.1, 0.15) is 11.9 Å². The number of anilines is 1. The van der Waals surface area contributed by atoms with Gasteiger partial charge < -0.3 is 9.32 Å². The van der Waals surface area contributed by atoms with Gasteiger partial charge in [-0.05, 0) is 49.2 Å². The van der Waals surface area contributed by atoms with Crippen molar-refractivity contribution in [3.8, 4) is 11.5 Å². The van der Waals surface area contributed by atoms with E-state index in [1.165, 1.54) is 22.9 Å². The summed E-state index contributed by atoms with van der Waals surface area (Å²) in [6.07, 6.45) is 0. The minimum Gasteiger partial charge on any atom is -0.419 e. The SMILES string of the molecule is Cc1cccc(N2CCN([C@@H](c3nnc(-c4ccccc4)o3)c3ccccc3F)CC2)c1C. The van der Waals surface area contributed by atoms with Gasteiger partial charge in [-0.15, -0.1) is 10.2 Å². The first kappa shape index (κ1) is 21.3. The third kappa shape index (κ3) is 4.26. The van der Waals surface area contributed by atoms with Crippen LogP contribution < -0.4 is 4.90 Å². The van der Waals surface area contributed by atoms with Crippen molar-refractivity contribution in [1.82, 2.24) is 15.1 Å². The lowest BCUT2D eigenvalue weighted by atomic mass is 10.0. The van der Waals surface area contributed by atoms with E-state index < -0.39 is 6.04 Å². The molecule has 2 heterocycles. The van der Waals surface area contributed by atoms with Gasteiger partial charge in [-0.3, -0.25) is 4.90 Å². The van der Waals surface area contributed by atoms with Crippen LogP contribution in [0.3, 0.4) is 0 Å². The van der Waals surface area contributed by atoms with Crippen molar-refractivity contribution in [1.29, 1.82) is 0 Å². The van der Waals surface area contributed by atoms with Gasteiger partial charge >= 0.3 is 0 Å². The molecule has 4 aromatic rings. The van der Waals surface area contributed by atoms with E-state index in [-0.39, 0.29) is 5.82 Å². The van der Waals surface area contributed by atoms with E-state index in [2.05, 4.69) is 52.0 Å². The number of benzene rings is 3. The highest BCUT2D eigenvalue weighted by atomic mass is 19.1. The Labute approximate surface area is 193 Å². The Morgan fingerprint density at radius 1 is 0.818 bits per heavy atom. The normalized spacial score (nSPS) is 15.5. The first-order chi connectivity index (χ1) is 16.1. The number of aromatic nitrogens is 2. The summed E-state index contributed by atoms with van der Waals surface area (Å²) in [4.78, 5) is 4.64. The standard InChI is InChI=1S/C27H27FN4O/c1-19-9-8-14-24(20(19)2)31-15-17-32(18-16-31)25(22-12-6-7-13-23(22)28)27-30-29-26(33-27)21-10-4-3-5-11-21/h3-14,25H,15-18H2,1-2H3/t25-/m1/s1. The van der Waals surface area contributed by atoms with E-state index in [0.29, 0.717) is 17.3 Å². The van der Waals surface area contributed by atoms with Gasteiger partial charge in [-0.25, -0.2) is 4.39 Å². The van der Waals surface area contributed by atoms with Crippen LogP contribution in [0.1, 0.15) is 28.6 Å². The lowest BCUT2D eigenvalue weighted by Gasteiger charge is -2.39. The lowest BCUT2D eigenvalue weighted by Crippen LogP contribution is -2.48. The van der Waals surface area contributed by atoms with Crippen molar-refractivity contribution in [3.63, 3.8) is 0 Å². The third-order valence-corrected chi connectivity index (χ3v) is 6.49. The van der Waals surface area contributed by atoms with Gasteiger partial charge in [0, 0.05) is 43.0 Å². The van der Waals surface area contributed by atoms with Crippen molar-refractivity contribution in [2.45, 2.75) is 19.9 Å². The first-order valence-corrected chi connectivity index (χ1v) is 11.3. The summed E-state index contributed by atoms with van der Waals surface area (Å²) in [6, 6.07) is 22.5. The Kier molecular flexibility index (Phi) is 5.92. The summed E-state index contributed by atoms with van der Waals surface area (Å²) in [5, 5.41) is 8.61. The molecule has 33 heavy (non-hydrogen) atoms. The van der Waals surface area contributed by atoms with Gasteiger partial charge in [0.2, 0.25) is 11.8 Å². The summed E-state index contributed by atoms with van der Waals surface area (Å²) >= 11 is 0. The van der Waals surface area contributed by atoms with Crippen LogP contribution in [-0.2, 0) is 0 Å². The van der Waals surface area contributed by atoms with Crippen molar-refractivity contribution in [2.24, 2.45) is 0 Å². The molecule has 0 unspecified atom stereocenters. The zero-order valence-corrected chi connectivity index (χ0v) is 18.9. The summed E-state index contributed by atoms with van der Waals surface area (Å²) < 4.78 is 21.0. The first-order valence-electron chi connectivity index (χ1n) is 11.3. The van der Waals surface area contributed by atoms with Crippen LogP contribution in [0.4, 0.5) is 10.1 Å². The number of piperazine rings is 1. The molecule has 0 spiro atoms. The molecule has 5 rings (SSSR count). The molecule has 168 valence electrons. The minimum atomic E-state index is -0.433. The number of aryl methyl sites for hydroxylation is 1. The summed E-state index contributed by atoms with van der Waals surface area (Å²) in [7, 11) is 0. The topological polar surface area (TPSA) is 45.4 Å². The van der Waals surface area contributed by atoms with Gasteiger partial charge in [-0.2, -0.15) is 0 Å². The molecule has 0 radical (unpaired) electrons. The molecule has 1 aliphatic heterocycles. The Morgan fingerprint density at radius 3 is 2.30 bits per heavy atom. The summed E-state index contributed by atoms with van der Waals surface area (Å²) in [5.41, 5.74) is 5.27. The molecule has 0 aliphatic carbocycles. The Balaban J connectivity index is 1.44. The molecule has 1 fully saturated rings. The molecule has 6 heteroatoms. The Morgan fingerprint density at radius 2 is 1.55 bits per heavy atom. The molecule has 5 nitrogen and oxygen atoms in total. The van der Waals surface area contributed by atoms with Gasteiger partial charge in [0.15, 0.2) is 0 Å². The smallest absolute Gasteiger partial charge is 0.247 e. The Hall–Kier alpha value is -3.51. The van der Waals surface area contributed by atoms with Gasteiger partial charge in [0.05, 0.1) is 0 Å². The van der Waals surface area contributed by atoms with Crippen molar-refractivity contribution in [3.05, 3.63) is 101 Å². The number of hydrogen-bond donors (Lipinski definition) is 0. The maximum Gasteiger partial charge on any atom is 0.247 e. The van der Waals surface area contributed by atoms with Crippen LogP contribution in [0.5, 0.6) is 0 Å². The van der Waals surface area contributed by atoms with Crippen LogP contribution in [-0.4, -0.2) is 41.3 Å². The molecule has 1 aromatic heterocycles. The van der Waals surface area contributed by atoms with Crippen molar-refractivity contribution >= 4 is 5.69 Å². The molecule has 3 aromatic carbocycles. The zero-order valence-electron chi connectivity index (χ0n) is 18.9. The second kappa shape index (κ2) is 9.16. The predicted octanol–water partition coefficient (Wildman–Crippen LogP) is 5.40. The largest absolute Gasteiger partial charge is 0.419 e. The fraction of sp³-hybridized carbons (Fsp3) is 0.259. The van der Waals surface area contributed by atoms with E-state index in [9.17, 15) is 4.39 Å². The maximum absolute atomic E-state index is 14.9. The Bertz CT molecular complexity index is 1230. The molecule has 0 N–H and O–H groups in total. The summed E-state index contributed by atoms with van der Waals surface area (Å²) in [5.74, 6) is 0.596. The second-order valence-corrected chi connectivity index (χ2v) is 8.48. The van der Waals surface area contributed by atoms with Crippen LogP contribution in [0.2, 0.25) is 0 Å². The maximum atomic E-state index is 14.9. The number of halogens is 1. The van der Waals surface area contributed by atoms with E-state index in [0.717, 1.165) is 31.7 Å². The molecular weight excluding hydrogens is 415 g/mol. The highest BCUT2D eigenvalue weighted by Crippen LogP contribution is 2.33. The average Bonchev–Trinajstić information content (AvgIpc) is 3.33. The monoisotopic (exact) mass is 442 g/mol. The van der Waals surface area contributed by atoms with Crippen LogP contribution >= 0.6 is 0 Å². The van der Waals surface area contributed by atoms with Crippen molar-refractivity contribution in [2.75, 3.05) is 31.1 Å². The van der Waals surface area contributed by atoms with Crippen LogP contribution in [0.25, 0.3) is 11.5 Å². The third-order valence-electron chi connectivity index (χ3n) is 6.49. The highest BCUT2D eigenvalue weighted by Gasteiger charge is 2.32. The predicted molar refractivity (Wildman–Crippen MR) is 128 cm³/mol. The number of nitrogens with zero attached hydrogens (tertiary/aromatic N) is 4. The van der Waals surface area contributed by atoms with Gasteiger partial charge in [0.25, 0.3) is 0 Å². The zero-order chi connectivity index (χ0) is 22.8. The molecule has 0 amide bonds. The number of rotatable bonds is 5. The fourth-order valence-electron chi connectivity index (χ4n) is 4.52. The quantitative estimate of drug-likeness (QED) is 0.414. The van der Waals surface area contributed by atoms with Crippen LogP contribution in [0, 0.1) is 19.7 Å². The minimum absolute atomic E-state index is 0.265. The van der Waals surface area contributed by atoms with E-state index in [1.54, 1.807) is 6.07 Å². The summed E-state index contributed by atoms with van der Waals surface area (Å²) in [6.45, 7) is 7.51. The lowest BCUT2D eigenvalue weighted by molar-refractivity contribution is 0.184. The van der Waals surface area contributed by atoms with Crippen molar-refractivity contribution < 1.29 is 8.81 Å². The van der Waals surface area contributed by atoms with E-state index >= 15 is 0 Å². The molecule has 1 aliphatic rings. The van der Waals surface area contributed by atoms with Crippen LogP contribution in [0.15, 0.2) is 77.2 Å². The highest BCUT2D eigenvalue weighted by molar-refractivity contribution is 5.56. The van der Waals surface area contributed by atoms with E-state index in [1.807, 2.05) is 42.5 Å².